The first-order valence-corrected chi connectivity index (χ1v) is 8.26. The number of hydrogen-bond acceptors (Lipinski definition) is 2. The molecule has 1 aliphatic rings. The van der Waals surface area contributed by atoms with Crippen molar-refractivity contribution in [3.63, 3.8) is 0 Å². The van der Waals surface area contributed by atoms with Gasteiger partial charge in [0, 0.05) is 18.5 Å². The number of nitrogens with zero attached hydrogens (tertiary/aromatic N) is 2. The molecule has 1 aliphatic carbocycles. The van der Waals surface area contributed by atoms with Gasteiger partial charge in [-0.05, 0) is 50.2 Å². The maximum atomic E-state index is 6.79. The summed E-state index contributed by atoms with van der Waals surface area (Å²) in [6.45, 7) is 7.80. The maximum Gasteiger partial charge on any atom is 0.111 e. The lowest BCUT2D eigenvalue weighted by Crippen LogP contribution is -2.51. The van der Waals surface area contributed by atoms with Crippen molar-refractivity contribution in [2.24, 2.45) is 17.6 Å². The quantitative estimate of drug-likeness (QED) is 0.933. The number of aryl methyl sites for hydroxylation is 1. The molecule has 0 bridgehead atoms. The molecule has 0 saturated heterocycles. The summed E-state index contributed by atoms with van der Waals surface area (Å²) in [5, 5.41) is 0. The fourth-order valence-corrected chi connectivity index (χ4v) is 3.89. The summed E-state index contributed by atoms with van der Waals surface area (Å²) in [7, 11) is 0. The molecular formula is C18H27N3. The van der Waals surface area contributed by atoms with E-state index in [1.807, 2.05) is 0 Å². The van der Waals surface area contributed by atoms with Gasteiger partial charge >= 0.3 is 0 Å². The monoisotopic (exact) mass is 285 g/mol. The number of hydrogen-bond donors (Lipinski definition) is 1. The highest BCUT2D eigenvalue weighted by Gasteiger charge is 2.38. The standard InChI is InChI=1S/C18H27N3/c1-4-21-16-8-6-5-7-15(16)20-17(21)12-18(19)10-9-13(2)11-14(18)3/h5-8,13-14H,4,9-12,19H2,1-3H3. The van der Waals surface area contributed by atoms with E-state index in [4.69, 9.17) is 10.7 Å². The van der Waals surface area contributed by atoms with Gasteiger partial charge in [-0.3, -0.25) is 0 Å². The van der Waals surface area contributed by atoms with Crippen LogP contribution in [0.15, 0.2) is 24.3 Å². The van der Waals surface area contributed by atoms with Crippen LogP contribution in [0.1, 0.15) is 45.9 Å². The Balaban J connectivity index is 1.94. The summed E-state index contributed by atoms with van der Waals surface area (Å²) in [6.07, 6.45) is 4.49. The molecule has 3 heteroatoms. The van der Waals surface area contributed by atoms with Crippen molar-refractivity contribution in [1.82, 2.24) is 9.55 Å². The average Bonchev–Trinajstić information content (AvgIpc) is 2.80. The maximum absolute atomic E-state index is 6.79. The summed E-state index contributed by atoms with van der Waals surface area (Å²) in [6, 6.07) is 8.40. The second kappa shape index (κ2) is 5.45. The minimum Gasteiger partial charge on any atom is -0.328 e. The van der Waals surface area contributed by atoms with Crippen molar-refractivity contribution in [3.8, 4) is 0 Å². The third-order valence-corrected chi connectivity index (χ3v) is 5.38. The van der Waals surface area contributed by atoms with Crippen molar-refractivity contribution in [1.29, 1.82) is 0 Å². The van der Waals surface area contributed by atoms with Crippen LogP contribution in [-0.2, 0) is 13.0 Å². The molecule has 1 aromatic carbocycles. The number of nitrogens with two attached hydrogens (primary N) is 1. The Morgan fingerprint density at radius 2 is 2.10 bits per heavy atom. The van der Waals surface area contributed by atoms with Crippen LogP contribution < -0.4 is 5.73 Å². The van der Waals surface area contributed by atoms with Crippen LogP contribution in [-0.4, -0.2) is 15.1 Å². The predicted octanol–water partition coefficient (Wildman–Crippen LogP) is 3.75. The molecule has 0 radical (unpaired) electrons. The Morgan fingerprint density at radius 1 is 1.33 bits per heavy atom. The highest BCUT2D eigenvalue weighted by atomic mass is 15.1. The number of rotatable bonds is 3. The van der Waals surface area contributed by atoms with E-state index < -0.39 is 0 Å². The minimum absolute atomic E-state index is 0.0964. The first-order chi connectivity index (χ1) is 10.0. The molecule has 3 atom stereocenters. The second-order valence-electron chi connectivity index (χ2n) is 6.95. The van der Waals surface area contributed by atoms with E-state index in [1.54, 1.807) is 0 Å². The molecule has 0 aliphatic heterocycles. The summed E-state index contributed by atoms with van der Waals surface area (Å²) >= 11 is 0. The lowest BCUT2D eigenvalue weighted by Gasteiger charge is -2.42. The first-order valence-electron chi connectivity index (χ1n) is 8.26. The topological polar surface area (TPSA) is 43.8 Å². The Bertz CT molecular complexity index is 630. The molecule has 0 spiro atoms. The van der Waals surface area contributed by atoms with E-state index in [0.717, 1.165) is 36.6 Å². The second-order valence-corrected chi connectivity index (χ2v) is 6.95. The molecule has 1 fully saturated rings. The van der Waals surface area contributed by atoms with Gasteiger partial charge in [-0.1, -0.05) is 26.0 Å². The number of aromatic nitrogens is 2. The fraction of sp³-hybridized carbons (Fsp3) is 0.611. The van der Waals surface area contributed by atoms with Gasteiger partial charge in [-0.15, -0.1) is 0 Å². The lowest BCUT2D eigenvalue weighted by molar-refractivity contribution is 0.160. The van der Waals surface area contributed by atoms with Crippen molar-refractivity contribution in [2.75, 3.05) is 0 Å². The number of benzene rings is 1. The normalized spacial score (nSPS) is 29.9. The van der Waals surface area contributed by atoms with Gasteiger partial charge in [0.1, 0.15) is 5.82 Å². The summed E-state index contributed by atoms with van der Waals surface area (Å²) < 4.78 is 2.33. The van der Waals surface area contributed by atoms with Gasteiger partial charge in [-0.2, -0.15) is 0 Å². The molecule has 1 saturated carbocycles. The zero-order valence-electron chi connectivity index (χ0n) is 13.5. The number of imidazole rings is 1. The van der Waals surface area contributed by atoms with Crippen LogP contribution in [0.25, 0.3) is 11.0 Å². The average molecular weight is 285 g/mol. The zero-order chi connectivity index (χ0) is 15.0. The Labute approximate surface area is 127 Å². The van der Waals surface area contributed by atoms with Crippen molar-refractivity contribution in [3.05, 3.63) is 30.1 Å². The molecule has 0 amide bonds. The Hall–Kier alpha value is -1.35. The fourth-order valence-electron chi connectivity index (χ4n) is 3.89. The van der Waals surface area contributed by atoms with E-state index >= 15 is 0 Å². The van der Waals surface area contributed by atoms with E-state index in [2.05, 4.69) is 49.6 Å². The highest BCUT2D eigenvalue weighted by molar-refractivity contribution is 5.75. The van der Waals surface area contributed by atoms with Crippen molar-refractivity contribution >= 4 is 11.0 Å². The molecule has 1 aromatic heterocycles. The first kappa shape index (κ1) is 14.6. The molecule has 1 heterocycles. The van der Waals surface area contributed by atoms with Crippen LogP contribution in [0.2, 0.25) is 0 Å². The van der Waals surface area contributed by atoms with Gasteiger partial charge in [0.05, 0.1) is 11.0 Å². The van der Waals surface area contributed by atoms with Gasteiger partial charge in [0.15, 0.2) is 0 Å². The largest absolute Gasteiger partial charge is 0.328 e. The molecule has 21 heavy (non-hydrogen) atoms. The SMILES string of the molecule is CCn1c(CC2(N)CCC(C)CC2C)nc2ccccc21. The smallest absolute Gasteiger partial charge is 0.111 e. The molecular weight excluding hydrogens is 258 g/mol. The van der Waals surface area contributed by atoms with Crippen LogP contribution in [0.5, 0.6) is 0 Å². The van der Waals surface area contributed by atoms with Crippen LogP contribution in [0.4, 0.5) is 0 Å². The van der Waals surface area contributed by atoms with Crippen molar-refractivity contribution < 1.29 is 0 Å². The van der Waals surface area contributed by atoms with E-state index in [0.29, 0.717) is 5.92 Å². The molecule has 2 N–H and O–H groups in total. The molecule has 3 rings (SSSR count). The van der Waals surface area contributed by atoms with Crippen LogP contribution in [0, 0.1) is 11.8 Å². The summed E-state index contributed by atoms with van der Waals surface area (Å²) in [5.74, 6) is 2.52. The van der Waals surface area contributed by atoms with Crippen molar-refractivity contribution in [2.45, 2.75) is 58.5 Å². The zero-order valence-corrected chi connectivity index (χ0v) is 13.5. The molecule has 114 valence electrons. The summed E-state index contributed by atoms with van der Waals surface area (Å²) in [5.41, 5.74) is 9.02. The molecule has 2 aromatic rings. The van der Waals surface area contributed by atoms with Gasteiger partial charge in [-0.25, -0.2) is 4.98 Å². The van der Waals surface area contributed by atoms with Crippen LogP contribution >= 0.6 is 0 Å². The molecule has 3 unspecified atom stereocenters. The third-order valence-electron chi connectivity index (χ3n) is 5.38. The van der Waals surface area contributed by atoms with Gasteiger partial charge < -0.3 is 10.3 Å². The summed E-state index contributed by atoms with van der Waals surface area (Å²) in [4.78, 5) is 4.86. The predicted molar refractivity (Wildman–Crippen MR) is 88.2 cm³/mol. The minimum atomic E-state index is -0.0964. The Kier molecular flexibility index (Phi) is 3.78. The van der Waals surface area contributed by atoms with E-state index in [-0.39, 0.29) is 5.54 Å². The van der Waals surface area contributed by atoms with Gasteiger partial charge in [0.2, 0.25) is 0 Å². The van der Waals surface area contributed by atoms with Gasteiger partial charge in [0.25, 0.3) is 0 Å². The highest BCUT2D eigenvalue weighted by Crippen LogP contribution is 2.37. The lowest BCUT2D eigenvalue weighted by atomic mass is 9.69. The number of para-hydroxylation sites is 2. The Morgan fingerprint density at radius 3 is 2.81 bits per heavy atom. The van der Waals surface area contributed by atoms with E-state index in [1.165, 1.54) is 18.4 Å². The number of fused-ring (bicyclic) bond motifs is 1. The van der Waals surface area contributed by atoms with E-state index in [9.17, 15) is 0 Å². The third kappa shape index (κ3) is 2.59. The van der Waals surface area contributed by atoms with Crippen LogP contribution in [0.3, 0.4) is 0 Å². The molecule has 3 nitrogen and oxygen atoms in total.